The zero-order chi connectivity index (χ0) is 13.2. The molecular formula is C13H16N4OS. The fourth-order valence-electron chi connectivity index (χ4n) is 2.28. The second-order valence-corrected chi connectivity index (χ2v) is 5.69. The number of carbonyl (C=O) groups excluding carboxylic acids is 1. The maximum atomic E-state index is 12.2. The predicted molar refractivity (Wildman–Crippen MR) is 73.8 cm³/mol. The first kappa shape index (κ1) is 12.4. The van der Waals surface area contributed by atoms with Crippen LogP contribution in [-0.4, -0.2) is 21.9 Å². The third kappa shape index (κ3) is 2.54. The molecule has 0 aliphatic carbocycles. The van der Waals surface area contributed by atoms with Gasteiger partial charge in [0.05, 0.1) is 29.8 Å². The zero-order valence-electron chi connectivity index (χ0n) is 10.6. The molecule has 0 aromatic carbocycles. The lowest BCUT2D eigenvalue weighted by molar-refractivity contribution is -0.124. The molecule has 1 aliphatic heterocycles. The molecule has 19 heavy (non-hydrogen) atoms. The van der Waals surface area contributed by atoms with Crippen molar-refractivity contribution in [3.63, 3.8) is 0 Å². The van der Waals surface area contributed by atoms with Gasteiger partial charge in [-0.2, -0.15) is 0 Å². The summed E-state index contributed by atoms with van der Waals surface area (Å²) in [6, 6.07) is 3.89. The van der Waals surface area contributed by atoms with Crippen LogP contribution in [0.15, 0.2) is 23.8 Å². The summed E-state index contributed by atoms with van der Waals surface area (Å²) < 4.78 is 0. The van der Waals surface area contributed by atoms with E-state index in [9.17, 15) is 4.79 Å². The highest BCUT2D eigenvalue weighted by atomic mass is 32.1. The third-order valence-corrected chi connectivity index (χ3v) is 4.43. The van der Waals surface area contributed by atoms with Crippen molar-refractivity contribution in [1.29, 1.82) is 0 Å². The average molecular weight is 276 g/mol. The van der Waals surface area contributed by atoms with Crippen LogP contribution in [0.25, 0.3) is 0 Å². The van der Waals surface area contributed by atoms with Gasteiger partial charge in [0.15, 0.2) is 0 Å². The lowest BCUT2D eigenvalue weighted by Gasteiger charge is -2.24. The highest BCUT2D eigenvalue weighted by Crippen LogP contribution is 2.19. The summed E-state index contributed by atoms with van der Waals surface area (Å²) in [5.74, 6) is 0.0366. The van der Waals surface area contributed by atoms with Crippen LogP contribution in [0.5, 0.6) is 0 Å². The van der Waals surface area contributed by atoms with Gasteiger partial charge in [-0.1, -0.05) is 6.07 Å². The quantitative estimate of drug-likeness (QED) is 0.793. The molecule has 2 unspecified atom stereocenters. The maximum Gasteiger partial charge on any atom is 0.238 e. The summed E-state index contributed by atoms with van der Waals surface area (Å²) in [7, 11) is 0. The smallest absolute Gasteiger partial charge is 0.238 e. The molecule has 3 N–H and O–H groups in total. The Hall–Kier alpha value is -1.66. The van der Waals surface area contributed by atoms with E-state index in [1.165, 1.54) is 4.88 Å². The number of rotatable bonds is 3. The van der Waals surface area contributed by atoms with E-state index in [2.05, 4.69) is 20.6 Å². The average Bonchev–Trinajstić information content (AvgIpc) is 3.09. The summed E-state index contributed by atoms with van der Waals surface area (Å²) in [4.78, 5) is 20.7. The van der Waals surface area contributed by atoms with Crippen LogP contribution in [0.1, 0.15) is 29.2 Å². The van der Waals surface area contributed by atoms with E-state index in [-0.39, 0.29) is 18.0 Å². The molecule has 0 radical (unpaired) electrons. The van der Waals surface area contributed by atoms with Crippen molar-refractivity contribution >= 4 is 17.2 Å². The van der Waals surface area contributed by atoms with Crippen LogP contribution in [0, 0.1) is 0 Å². The first-order valence-electron chi connectivity index (χ1n) is 6.32. The number of nitrogens with one attached hydrogen (secondary N) is 3. The molecule has 0 saturated carbocycles. The van der Waals surface area contributed by atoms with Crippen LogP contribution in [0.3, 0.4) is 0 Å². The van der Waals surface area contributed by atoms with Gasteiger partial charge in [-0.25, -0.2) is 4.98 Å². The number of aromatic amines is 1. The normalized spacial score (nSPS) is 19.7. The van der Waals surface area contributed by atoms with E-state index in [0.29, 0.717) is 13.0 Å². The largest absolute Gasteiger partial charge is 0.347 e. The van der Waals surface area contributed by atoms with Crippen LogP contribution in [-0.2, 0) is 17.8 Å². The highest BCUT2D eigenvalue weighted by molar-refractivity contribution is 7.10. The molecule has 0 bridgehead atoms. The molecular weight excluding hydrogens is 260 g/mol. The number of thiophene rings is 1. The molecule has 5 nitrogen and oxygen atoms in total. The summed E-state index contributed by atoms with van der Waals surface area (Å²) in [6.07, 6.45) is 2.32. The Kier molecular flexibility index (Phi) is 3.35. The summed E-state index contributed by atoms with van der Waals surface area (Å²) in [5, 5.41) is 8.30. The number of H-pyrrole nitrogens is 1. The number of amides is 1. The lowest BCUT2D eigenvalue weighted by atomic mass is 10.0. The molecule has 0 saturated heterocycles. The molecule has 3 heterocycles. The van der Waals surface area contributed by atoms with Gasteiger partial charge in [0, 0.05) is 17.8 Å². The molecule has 0 fully saturated rings. The van der Waals surface area contributed by atoms with E-state index in [0.717, 1.165) is 11.4 Å². The summed E-state index contributed by atoms with van der Waals surface area (Å²) in [6.45, 7) is 2.67. The molecule has 1 aliphatic rings. The Morgan fingerprint density at radius 2 is 2.53 bits per heavy atom. The predicted octanol–water partition coefficient (Wildman–Crippen LogP) is 1.36. The van der Waals surface area contributed by atoms with E-state index in [1.807, 2.05) is 24.4 Å². The number of fused-ring (bicyclic) bond motifs is 1. The standard InChI is InChI=1S/C13H16N4OS/c1-8(12-3-2-4-19-12)17-13(18)10-5-9-11(6-14-10)16-7-15-9/h2-4,7-8,10,14H,5-6H2,1H3,(H,15,16)(H,17,18). The second-order valence-electron chi connectivity index (χ2n) is 4.71. The van der Waals surface area contributed by atoms with Gasteiger partial charge >= 0.3 is 0 Å². The van der Waals surface area contributed by atoms with Gasteiger partial charge in [-0.3, -0.25) is 10.1 Å². The minimum Gasteiger partial charge on any atom is -0.347 e. The lowest BCUT2D eigenvalue weighted by Crippen LogP contribution is -2.48. The molecule has 6 heteroatoms. The monoisotopic (exact) mass is 276 g/mol. The first-order valence-corrected chi connectivity index (χ1v) is 7.20. The minimum absolute atomic E-state index is 0.0366. The summed E-state index contributed by atoms with van der Waals surface area (Å²) in [5.41, 5.74) is 2.07. The van der Waals surface area contributed by atoms with Crippen LogP contribution in [0.4, 0.5) is 0 Å². The summed E-state index contributed by atoms with van der Waals surface area (Å²) >= 11 is 1.66. The number of hydrogen-bond acceptors (Lipinski definition) is 4. The first-order chi connectivity index (χ1) is 9.24. The Balaban J connectivity index is 1.63. The Bertz CT molecular complexity index is 563. The molecule has 100 valence electrons. The number of imidazole rings is 1. The second kappa shape index (κ2) is 5.14. The van der Waals surface area contributed by atoms with Gasteiger partial charge in [-0.05, 0) is 18.4 Å². The zero-order valence-corrected chi connectivity index (χ0v) is 11.5. The maximum absolute atomic E-state index is 12.2. The van der Waals surface area contributed by atoms with Crippen molar-refractivity contribution in [2.75, 3.05) is 0 Å². The molecule has 2 aromatic heterocycles. The Morgan fingerprint density at radius 1 is 1.63 bits per heavy atom. The number of carbonyl (C=O) groups is 1. The van der Waals surface area contributed by atoms with E-state index in [1.54, 1.807) is 17.7 Å². The van der Waals surface area contributed by atoms with Gasteiger partial charge in [0.2, 0.25) is 5.91 Å². The van der Waals surface area contributed by atoms with E-state index < -0.39 is 0 Å². The van der Waals surface area contributed by atoms with Crippen molar-refractivity contribution < 1.29 is 4.79 Å². The number of hydrogen-bond donors (Lipinski definition) is 3. The molecule has 0 spiro atoms. The molecule has 2 atom stereocenters. The van der Waals surface area contributed by atoms with Crippen molar-refractivity contribution in [3.05, 3.63) is 40.1 Å². The SMILES string of the molecule is CC(NC(=O)C1Cc2nc[nH]c2CN1)c1cccs1. The number of aromatic nitrogens is 2. The Labute approximate surface area is 115 Å². The van der Waals surface area contributed by atoms with Gasteiger partial charge < -0.3 is 10.3 Å². The highest BCUT2D eigenvalue weighted by Gasteiger charge is 2.26. The third-order valence-electron chi connectivity index (χ3n) is 3.38. The van der Waals surface area contributed by atoms with Crippen LogP contribution < -0.4 is 10.6 Å². The van der Waals surface area contributed by atoms with Gasteiger partial charge in [-0.15, -0.1) is 11.3 Å². The van der Waals surface area contributed by atoms with Crippen molar-refractivity contribution in [1.82, 2.24) is 20.6 Å². The fourth-order valence-corrected chi connectivity index (χ4v) is 3.01. The van der Waals surface area contributed by atoms with Gasteiger partial charge in [0.25, 0.3) is 0 Å². The minimum atomic E-state index is -0.196. The van der Waals surface area contributed by atoms with Gasteiger partial charge in [0.1, 0.15) is 0 Å². The van der Waals surface area contributed by atoms with Crippen LogP contribution >= 0.6 is 11.3 Å². The van der Waals surface area contributed by atoms with Crippen molar-refractivity contribution in [2.45, 2.75) is 32.0 Å². The van der Waals surface area contributed by atoms with E-state index >= 15 is 0 Å². The van der Waals surface area contributed by atoms with E-state index in [4.69, 9.17) is 0 Å². The van der Waals surface area contributed by atoms with Crippen molar-refractivity contribution in [3.8, 4) is 0 Å². The fraction of sp³-hybridized carbons (Fsp3) is 0.385. The topological polar surface area (TPSA) is 69.8 Å². The number of nitrogens with zero attached hydrogens (tertiary/aromatic N) is 1. The van der Waals surface area contributed by atoms with Crippen LogP contribution in [0.2, 0.25) is 0 Å². The molecule has 1 amide bonds. The van der Waals surface area contributed by atoms with Crippen molar-refractivity contribution in [2.24, 2.45) is 0 Å². The Morgan fingerprint density at radius 3 is 3.32 bits per heavy atom. The molecule has 2 aromatic rings. The molecule has 3 rings (SSSR count).